The van der Waals surface area contributed by atoms with Gasteiger partial charge in [0.25, 0.3) is 0 Å². The summed E-state index contributed by atoms with van der Waals surface area (Å²) in [6.45, 7) is 8.75. The molecule has 0 unspecified atom stereocenters. The highest BCUT2D eigenvalue weighted by molar-refractivity contribution is 5.13. The van der Waals surface area contributed by atoms with Crippen molar-refractivity contribution in [3.05, 3.63) is 48.6 Å². The van der Waals surface area contributed by atoms with Gasteiger partial charge in [0.2, 0.25) is 0 Å². The summed E-state index contributed by atoms with van der Waals surface area (Å²) in [5.74, 6) is -0.717. The van der Waals surface area contributed by atoms with E-state index >= 15 is 0 Å². The Hall–Kier alpha value is -1.28. The second-order valence-corrected chi connectivity index (χ2v) is 6.93. The number of methoxy groups -OCH3 is 1. The highest BCUT2D eigenvalue weighted by atomic mass is 16.8. The Morgan fingerprint density at radius 2 is 1.88 bits per heavy atom. The van der Waals surface area contributed by atoms with E-state index in [1.54, 1.807) is 13.2 Å². The number of ether oxygens (including phenoxy) is 6. The maximum atomic E-state index is 6.09. The summed E-state index contributed by atoms with van der Waals surface area (Å²) in [5.41, 5.74) is 1.11. The normalized spacial score (nSPS) is 33.0. The minimum absolute atomic E-state index is 0.297. The van der Waals surface area contributed by atoms with Gasteiger partial charge in [-0.15, -0.1) is 6.58 Å². The quantitative estimate of drug-likeness (QED) is 0.661. The molecule has 0 spiro atoms. The molecule has 6 heteroatoms. The topological polar surface area (TPSA) is 55.4 Å². The van der Waals surface area contributed by atoms with Crippen LogP contribution in [-0.4, -0.2) is 56.8 Å². The van der Waals surface area contributed by atoms with Crippen molar-refractivity contribution in [2.24, 2.45) is 0 Å². The van der Waals surface area contributed by atoms with E-state index in [-0.39, 0.29) is 24.4 Å². The fraction of sp³-hybridized carbons (Fsp3) is 0.600. The van der Waals surface area contributed by atoms with Crippen molar-refractivity contribution in [2.75, 3.05) is 20.3 Å². The molecule has 1 aromatic rings. The van der Waals surface area contributed by atoms with E-state index in [1.165, 1.54) is 0 Å². The van der Waals surface area contributed by atoms with Crippen molar-refractivity contribution >= 4 is 0 Å². The summed E-state index contributed by atoms with van der Waals surface area (Å²) in [5, 5.41) is 0. The summed E-state index contributed by atoms with van der Waals surface area (Å²) in [4.78, 5) is 0. The van der Waals surface area contributed by atoms with Crippen molar-refractivity contribution in [3.63, 3.8) is 0 Å². The zero-order valence-electron chi connectivity index (χ0n) is 15.6. The summed E-state index contributed by atoms with van der Waals surface area (Å²) in [7, 11) is 1.60. The molecule has 6 nitrogen and oxygen atoms in total. The van der Waals surface area contributed by atoms with Gasteiger partial charge in [-0.2, -0.15) is 0 Å². The second kappa shape index (κ2) is 8.61. The monoisotopic (exact) mass is 364 g/mol. The number of hydrogen-bond acceptors (Lipinski definition) is 6. The number of rotatable bonds is 8. The van der Waals surface area contributed by atoms with Gasteiger partial charge in [0, 0.05) is 7.11 Å². The van der Waals surface area contributed by atoms with Crippen molar-refractivity contribution in [3.8, 4) is 0 Å². The van der Waals surface area contributed by atoms with Gasteiger partial charge in [-0.05, 0) is 19.4 Å². The van der Waals surface area contributed by atoms with E-state index in [2.05, 4.69) is 6.58 Å². The molecule has 2 aliphatic heterocycles. The largest absolute Gasteiger partial charge is 0.374 e. The molecule has 5 atom stereocenters. The average molecular weight is 364 g/mol. The predicted molar refractivity (Wildman–Crippen MR) is 95.5 cm³/mol. The van der Waals surface area contributed by atoms with Gasteiger partial charge in [-0.25, -0.2) is 0 Å². The van der Waals surface area contributed by atoms with Gasteiger partial charge >= 0.3 is 0 Å². The smallest absolute Gasteiger partial charge is 0.186 e. The lowest BCUT2D eigenvalue weighted by atomic mass is 9.99. The Morgan fingerprint density at radius 1 is 1.15 bits per heavy atom. The minimum Gasteiger partial charge on any atom is -0.374 e. The van der Waals surface area contributed by atoms with E-state index in [1.807, 2.05) is 44.2 Å². The lowest BCUT2D eigenvalue weighted by molar-refractivity contribution is -0.280. The molecular weight excluding hydrogens is 336 g/mol. The third kappa shape index (κ3) is 4.52. The molecule has 2 fully saturated rings. The Bertz CT molecular complexity index is 575. The lowest BCUT2D eigenvalue weighted by Gasteiger charge is -2.41. The van der Waals surface area contributed by atoms with Crippen molar-refractivity contribution in [2.45, 2.75) is 56.9 Å². The van der Waals surface area contributed by atoms with Gasteiger partial charge in [0.15, 0.2) is 12.1 Å². The van der Waals surface area contributed by atoms with Crippen molar-refractivity contribution < 1.29 is 28.4 Å². The first-order chi connectivity index (χ1) is 12.5. The zero-order chi connectivity index (χ0) is 18.6. The molecule has 2 aliphatic rings. The van der Waals surface area contributed by atoms with E-state index < -0.39 is 12.1 Å². The first-order valence-corrected chi connectivity index (χ1v) is 8.92. The summed E-state index contributed by atoms with van der Waals surface area (Å²) < 4.78 is 35.5. The van der Waals surface area contributed by atoms with E-state index in [4.69, 9.17) is 28.4 Å². The fourth-order valence-corrected chi connectivity index (χ4v) is 3.39. The molecule has 0 saturated carbocycles. The SMILES string of the molecule is C=CCO[C@H]1[C@@H]2OC(C)(C)O[C@@H]2[C@@H](OC)O[C@@H]1COCc1ccccc1. The van der Waals surface area contributed by atoms with Gasteiger partial charge < -0.3 is 28.4 Å². The first-order valence-electron chi connectivity index (χ1n) is 8.92. The molecule has 1 aromatic carbocycles. The van der Waals surface area contributed by atoms with Crippen LogP contribution in [0.5, 0.6) is 0 Å². The molecular formula is C20H28O6. The molecule has 0 bridgehead atoms. The van der Waals surface area contributed by atoms with Crippen LogP contribution in [-0.2, 0) is 35.0 Å². The second-order valence-electron chi connectivity index (χ2n) is 6.93. The fourth-order valence-electron chi connectivity index (χ4n) is 3.39. The maximum Gasteiger partial charge on any atom is 0.186 e. The third-order valence-electron chi connectivity index (χ3n) is 4.46. The zero-order valence-corrected chi connectivity index (χ0v) is 15.6. The van der Waals surface area contributed by atoms with Crippen LogP contribution in [0.25, 0.3) is 0 Å². The van der Waals surface area contributed by atoms with Crippen LogP contribution in [0.3, 0.4) is 0 Å². The molecule has 26 heavy (non-hydrogen) atoms. The Balaban J connectivity index is 1.68. The van der Waals surface area contributed by atoms with Gasteiger partial charge in [0.1, 0.15) is 24.4 Å². The van der Waals surface area contributed by atoms with Crippen LogP contribution in [0.15, 0.2) is 43.0 Å². The van der Waals surface area contributed by atoms with Crippen LogP contribution in [0.2, 0.25) is 0 Å². The first kappa shape index (κ1) is 19.5. The Labute approximate surface area is 155 Å². The van der Waals surface area contributed by atoms with Crippen LogP contribution >= 0.6 is 0 Å². The molecule has 0 amide bonds. The third-order valence-corrected chi connectivity index (χ3v) is 4.46. The number of hydrogen-bond donors (Lipinski definition) is 0. The highest BCUT2D eigenvalue weighted by Crippen LogP contribution is 2.39. The molecule has 0 radical (unpaired) electrons. The van der Waals surface area contributed by atoms with Gasteiger partial charge in [-0.1, -0.05) is 36.4 Å². The predicted octanol–water partition coefficient (Wildman–Crippen LogP) is 2.67. The number of fused-ring (bicyclic) bond motifs is 1. The molecule has 3 rings (SSSR count). The maximum absolute atomic E-state index is 6.09. The summed E-state index contributed by atoms with van der Waals surface area (Å²) >= 11 is 0. The Morgan fingerprint density at radius 3 is 2.58 bits per heavy atom. The Kier molecular flexibility index (Phi) is 6.45. The van der Waals surface area contributed by atoms with Gasteiger partial charge in [-0.3, -0.25) is 0 Å². The lowest BCUT2D eigenvalue weighted by Crippen LogP contribution is -2.58. The average Bonchev–Trinajstić information content (AvgIpc) is 2.96. The summed E-state index contributed by atoms with van der Waals surface area (Å²) in [6, 6.07) is 10.0. The molecule has 2 saturated heterocycles. The highest BCUT2D eigenvalue weighted by Gasteiger charge is 2.56. The van der Waals surface area contributed by atoms with Crippen LogP contribution in [0, 0.1) is 0 Å². The van der Waals surface area contributed by atoms with Crippen LogP contribution in [0.4, 0.5) is 0 Å². The molecule has 2 heterocycles. The number of benzene rings is 1. The van der Waals surface area contributed by atoms with Crippen molar-refractivity contribution in [1.29, 1.82) is 0 Å². The van der Waals surface area contributed by atoms with Crippen LogP contribution < -0.4 is 0 Å². The van der Waals surface area contributed by atoms with Crippen molar-refractivity contribution in [1.82, 2.24) is 0 Å². The molecule has 0 N–H and O–H groups in total. The van der Waals surface area contributed by atoms with E-state index in [9.17, 15) is 0 Å². The van der Waals surface area contributed by atoms with Crippen LogP contribution in [0.1, 0.15) is 19.4 Å². The minimum atomic E-state index is -0.717. The molecule has 0 aromatic heterocycles. The molecule has 144 valence electrons. The molecule has 0 aliphatic carbocycles. The van der Waals surface area contributed by atoms with E-state index in [0.717, 1.165) is 5.56 Å². The van der Waals surface area contributed by atoms with Gasteiger partial charge in [0.05, 0.1) is 19.8 Å². The standard InChI is InChI=1S/C20H28O6/c1-5-11-23-16-15(13-22-12-14-9-7-6-8-10-14)24-19(21-4)18-17(16)25-20(2,3)26-18/h5-10,15-19H,1,11-13H2,2-4H3/t15-,16-,17+,18+,19+/m1/s1. The van der Waals surface area contributed by atoms with E-state index in [0.29, 0.717) is 19.8 Å². The summed E-state index contributed by atoms with van der Waals surface area (Å²) in [6.07, 6.45) is -0.135.